The molecule has 0 saturated heterocycles. The van der Waals surface area contributed by atoms with Crippen molar-refractivity contribution >= 4 is 11.3 Å². The van der Waals surface area contributed by atoms with Crippen LogP contribution >= 0.6 is 0 Å². The minimum Gasteiger partial charge on any atom is -0.354 e. The molecule has 1 aliphatic rings. The third-order valence-electron chi connectivity index (χ3n) is 3.16. The molecule has 18 heavy (non-hydrogen) atoms. The van der Waals surface area contributed by atoms with Crippen molar-refractivity contribution in [2.45, 2.75) is 31.5 Å². The second kappa shape index (κ2) is 3.37. The van der Waals surface area contributed by atoms with E-state index in [1.165, 1.54) is 10.7 Å². The zero-order chi connectivity index (χ0) is 13.0. The number of fused-ring (bicyclic) bond motifs is 1. The molecule has 2 aromatic rings. The van der Waals surface area contributed by atoms with Crippen molar-refractivity contribution in [1.29, 1.82) is 0 Å². The van der Waals surface area contributed by atoms with Gasteiger partial charge in [-0.3, -0.25) is 0 Å². The third-order valence-corrected chi connectivity index (χ3v) is 3.16. The van der Waals surface area contributed by atoms with Gasteiger partial charge in [-0.1, -0.05) is 0 Å². The molecule has 0 atom stereocenters. The van der Waals surface area contributed by atoms with E-state index in [2.05, 4.69) is 15.4 Å². The van der Waals surface area contributed by atoms with Gasteiger partial charge in [0.1, 0.15) is 11.1 Å². The summed E-state index contributed by atoms with van der Waals surface area (Å²) in [5.41, 5.74) is -0.506. The Morgan fingerprint density at radius 3 is 2.72 bits per heavy atom. The molecule has 7 heteroatoms. The van der Waals surface area contributed by atoms with Crippen LogP contribution < -0.4 is 5.32 Å². The minimum atomic E-state index is -4.25. The van der Waals surface area contributed by atoms with Crippen molar-refractivity contribution in [2.24, 2.45) is 0 Å². The molecule has 2 heterocycles. The van der Waals surface area contributed by atoms with Crippen LogP contribution in [0.1, 0.15) is 18.5 Å². The van der Waals surface area contributed by atoms with E-state index >= 15 is 0 Å². The van der Waals surface area contributed by atoms with Crippen LogP contribution in [0.15, 0.2) is 18.5 Å². The molecule has 1 aliphatic carbocycles. The van der Waals surface area contributed by atoms with Crippen LogP contribution in [0.25, 0.3) is 5.52 Å². The number of hydrogen-bond acceptors (Lipinski definition) is 3. The van der Waals surface area contributed by atoms with Gasteiger partial charge in [0, 0.05) is 12.4 Å². The Labute approximate surface area is 101 Å². The molecule has 2 aromatic heterocycles. The number of nitrogens with zero attached hydrogens (tertiary/aromatic N) is 3. The molecule has 96 valence electrons. The summed E-state index contributed by atoms with van der Waals surface area (Å²) < 4.78 is 40.1. The third kappa shape index (κ3) is 1.61. The van der Waals surface area contributed by atoms with Crippen molar-refractivity contribution in [3.63, 3.8) is 0 Å². The molecule has 4 nitrogen and oxygen atoms in total. The monoisotopic (exact) mass is 256 g/mol. The highest BCUT2D eigenvalue weighted by Gasteiger charge is 2.63. The average Bonchev–Trinajstić information content (AvgIpc) is 2.94. The quantitative estimate of drug-likeness (QED) is 0.897. The van der Waals surface area contributed by atoms with E-state index in [9.17, 15) is 13.2 Å². The smallest absolute Gasteiger partial charge is 0.354 e. The van der Waals surface area contributed by atoms with E-state index < -0.39 is 11.7 Å². The molecule has 1 saturated carbocycles. The highest BCUT2D eigenvalue weighted by Crippen LogP contribution is 2.51. The maximum atomic E-state index is 12.9. The predicted octanol–water partition coefficient (Wildman–Crippen LogP) is 2.54. The highest BCUT2D eigenvalue weighted by atomic mass is 19.4. The Morgan fingerprint density at radius 1 is 1.39 bits per heavy atom. The van der Waals surface area contributed by atoms with Crippen LogP contribution in [0.2, 0.25) is 0 Å². The summed E-state index contributed by atoms with van der Waals surface area (Å²) in [6.07, 6.45) is -1.02. The van der Waals surface area contributed by atoms with Gasteiger partial charge < -0.3 is 5.32 Å². The van der Waals surface area contributed by atoms with E-state index in [1.807, 2.05) is 0 Å². The number of nitrogens with one attached hydrogen (secondary N) is 1. The van der Waals surface area contributed by atoms with Crippen molar-refractivity contribution in [1.82, 2.24) is 14.6 Å². The second-order valence-corrected chi connectivity index (χ2v) is 4.60. The lowest BCUT2D eigenvalue weighted by molar-refractivity contribution is -0.151. The first-order chi connectivity index (χ1) is 8.41. The van der Waals surface area contributed by atoms with Gasteiger partial charge in [0.15, 0.2) is 5.82 Å². The Kier molecular flexibility index (Phi) is 2.11. The number of aryl methyl sites for hydroxylation is 1. The predicted molar refractivity (Wildman–Crippen MR) is 59.4 cm³/mol. The average molecular weight is 256 g/mol. The molecule has 3 rings (SSSR count). The molecule has 0 aromatic carbocycles. The number of hydrogen-bond donors (Lipinski definition) is 1. The first-order valence-corrected chi connectivity index (χ1v) is 5.57. The van der Waals surface area contributed by atoms with Gasteiger partial charge in [-0.15, -0.1) is 0 Å². The lowest BCUT2D eigenvalue weighted by atomic mass is 10.2. The zero-order valence-corrected chi connectivity index (χ0v) is 9.62. The lowest BCUT2D eigenvalue weighted by Crippen LogP contribution is -2.39. The number of aromatic nitrogens is 3. The molecule has 0 radical (unpaired) electrons. The summed E-state index contributed by atoms with van der Waals surface area (Å²) in [7, 11) is 0. The van der Waals surface area contributed by atoms with Crippen molar-refractivity contribution < 1.29 is 13.2 Å². The number of alkyl halides is 3. The molecule has 0 unspecified atom stereocenters. The number of halogens is 3. The summed E-state index contributed by atoms with van der Waals surface area (Å²) in [5, 5.41) is 6.67. The van der Waals surface area contributed by atoms with Crippen LogP contribution in [0.5, 0.6) is 0 Å². The zero-order valence-electron chi connectivity index (χ0n) is 9.62. The van der Waals surface area contributed by atoms with E-state index in [4.69, 9.17) is 0 Å². The van der Waals surface area contributed by atoms with E-state index in [1.54, 1.807) is 19.2 Å². The second-order valence-electron chi connectivity index (χ2n) is 4.60. The largest absolute Gasteiger partial charge is 0.411 e. The fourth-order valence-electron chi connectivity index (χ4n) is 1.97. The standard InChI is InChI=1S/C11H11F3N4/c1-7-6-8-9(15-4-5-18(8)17-7)16-10(2-3-10)11(12,13)14/h4-6H,2-3H2,1H3,(H,15,16). The summed E-state index contributed by atoms with van der Waals surface area (Å²) in [5.74, 6) is 0.230. The molecular weight excluding hydrogens is 245 g/mol. The fraction of sp³-hybridized carbons (Fsp3) is 0.455. The lowest BCUT2D eigenvalue weighted by Gasteiger charge is -2.21. The maximum Gasteiger partial charge on any atom is 0.411 e. The van der Waals surface area contributed by atoms with Gasteiger partial charge in [0.2, 0.25) is 0 Å². The molecule has 0 aliphatic heterocycles. The Hall–Kier alpha value is -1.79. The normalized spacial score (nSPS) is 18.0. The highest BCUT2D eigenvalue weighted by molar-refractivity contribution is 5.69. The summed E-state index contributed by atoms with van der Waals surface area (Å²) in [6, 6.07) is 1.71. The van der Waals surface area contributed by atoms with Gasteiger partial charge in [0.25, 0.3) is 0 Å². The summed E-state index contributed by atoms with van der Waals surface area (Å²) in [4.78, 5) is 3.99. The molecule has 0 bridgehead atoms. The van der Waals surface area contributed by atoms with Crippen molar-refractivity contribution in [3.8, 4) is 0 Å². The minimum absolute atomic E-state index is 0.0896. The van der Waals surface area contributed by atoms with Gasteiger partial charge in [-0.2, -0.15) is 18.3 Å². The van der Waals surface area contributed by atoms with E-state index in [0.29, 0.717) is 5.52 Å². The van der Waals surface area contributed by atoms with Crippen molar-refractivity contribution in [3.05, 3.63) is 24.2 Å². The van der Waals surface area contributed by atoms with Gasteiger partial charge in [-0.05, 0) is 25.8 Å². The fourth-order valence-corrected chi connectivity index (χ4v) is 1.97. The van der Waals surface area contributed by atoms with Crippen molar-refractivity contribution in [2.75, 3.05) is 5.32 Å². The summed E-state index contributed by atoms with van der Waals surface area (Å²) >= 11 is 0. The molecular formula is C11H11F3N4. The number of anilines is 1. The molecule has 1 N–H and O–H groups in total. The molecule has 0 amide bonds. The first-order valence-electron chi connectivity index (χ1n) is 5.57. The maximum absolute atomic E-state index is 12.9. The van der Waals surface area contributed by atoms with Crippen LogP contribution in [0.3, 0.4) is 0 Å². The van der Waals surface area contributed by atoms with E-state index in [0.717, 1.165) is 5.69 Å². The SMILES string of the molecule is Cc1cc2c(NC3(C(F)(F)F)CC3)nccn2n1. The Morgan fingerprint density at radius 2 is 2.11 bits per heavy atom. The van der Waals surface area contributed by atoms with Gasteiger partial charge in [0.05, 0.1) is 5.69 Å². The molecule has 0 spiro atoms. The van der Waals surface area contributed by atoms with Gasteiger partial charge in [-0.25, -0.2) is 9.50 Å². The Bertz CT molecular complexity index is 598. The van der Waals surface area contributed by atoms with E-state index in [-0.39, 0.29) is 18.7 Å². The topological polar surface area (TPSA) is 42.2 Å². The van der Waals surface area contributed by atoms with Crippen LogP contribution in [-0.2, 0) is 0 Å². The molecule has 1 fully saturated rings. The Balaban J connectivity index is 2.01. The van der Waals surface area contributed by atoms with Crippen LogP contribution in [0, 0.1) is 6.92 Å². The van der Waals surface area contributed by atoms with Crippen LogP contribution in [0.4, 0.5) is 19.0 Å². The summed E-state index contributed by atoms with van der Waals surface area (Å²) in [6.45, 7) is 1.79. The number of rotatable bonds is 2. The first kappa shape index (κ1) is 11.3. The van der Waals surface area contributed by atoms with Crippen LogP contribution in [-0.4, -0.2) is 26.3 Å². The van der Waals surface area contributed by atoms with Gasteiger partial charge >= 0.3 is 6.18 Å².